The minimum Gasteiger partial charge on any atom is -0.489 e. The molecule has 134 valence electrons. The average molecular weight is 386 g/mol. The van der Waals surface area contributed by atoms with Crippen LogP contribution in [-0.2, 0) is 19.6 Å². The molecule has 0 aliphatic heterocycles. The molecule has 0 aliphatic rings. The Hall–Kier alpha value is -2.16. The van der Waals surface area contributed by atoms with Gasteiger partial charge in [-0.15, -0.1) is 0 Å². The molecule has 0 heterocycles. The molecule has 0 amide bonds. The van der Waals surface area contributed by atoms with Crippen LogP contribution in [0.2, 0.25) is 10.0 Å². The van der Waals surface area contributed by atoms with Gasteiger partial charge in [-0.05, 0) is 60.0 Å². The van der Waals surface area contributed by atoms with Gasteiger partial charge in [0.15, 0.2) is 0 Å². The average Bonchev–Trinajstić information content (AvgIpc) is 2.66. The van der Waals surface area contributed by atoms with Crippen molar-refractivity contribution in [3.8, 4) is 5.75 Å². The molecule has 2 nitrogen and oxygen atoms in total. The fourth-order valence-corrected chi connectivity index (χ4v) is 3.08. The second-order valence-corrected chi connectivity index (χ2v) is 6.95. The van der Waals surface area contributed by atoms with Crippen molar-refractivity contribution < 1.29 is 4.74 Å². The topological polar surface area (TPSA) is 21.3 Å². The summed E-state index contributed by atoms with van der Waals surface area (Å²) in [4.78, 5) is 0. The van der Waals surface area contributed by atoms with E-state index in [9.17, 15) is 0 Å². The van der Waals surface area contributed by atoms with Crippen LogP contribution >= 0.6 is 23.2 Å². The van der Waals surface area contributed by atoms with E-state index in [0.717, 1.165) is 29.0 Å². The summed E-state index contributed by atoms with van der Waals surface area (Å²) in [7, 11) is 0. The Labute approximate surface area is 164 Å². The van der Waals surface area contributed by atoms with Crippen molar-refractivity contribution in [1.29, 1.82) is 0 Å². The molecule has 0 unspecified atom stereocenters. The molecule has 0 atom stereocenters. The van der Waals surface area contributed by atoms with Gasteiger partial charge >= 0.3 is 0 Å². The number of benzene rings is 3. The van der Waals surface area contributed by atoms with E-state index in [-0.39, 0.29) is 0 Å². The lowest BCUT2D eigenvalue weighted by Crippen LogP contribution is -2.04. The number of halogens is 2. The zero-order valence-electron chi connectivity index (χ0n) is 14.6. The third-order valence-corrected chi connectivity index (χ3v) is 4.62. The van der Waals surface area contributed by atoms with Crippen LogP contribution in [0, 0.1) is 0 Å². The molecule has 0 saturated heterocycles. The van der Waals surface area contributed by atoms with E-state index in [0.29, 0.717) is 23.2 Å². The Kier molecular flexibility index (Phi) is 6.43. The summed E-state index contributed by atoms with van der Waals surface area (Å²) in [5, 5.41) is 4.83. The van der Waals surface area contributed by atoms with Gasteiger partial charge in [0.05, 0.1) is 0 Å². The van der Waals surface area contributed by atoms with Gasteiger partial charge in [-0.25, -0.2) is 0 Å². The number of rotatable bonds is 7. The predicted octanol–water partition coefficient (Wildman–Crippen LogP) is 6.75. The first-order valence-corrected chi connectivity index (χ1v) is 9.38. The van der Waals surface area contributed by atoms with Crippen molar-refractivity contribution in [2.45, 2.75) is 26.5 Å². The van der Waals surface area contributed by atoms with Crippen LogP contribution in [-0.4, -0.2) is 0 Å². The van der Waals surface area contributed by atoms with E-state index in [1.165, 1.54) is 5.56 Å². The van der Waals surface area contributed by atoms with Gasteiger partial charge < -0.3 is 10.1 Å². The van der Waals surface area contributed by atoms with Gasteiger partial charge in [0.2, 0.25) is 0 Å². The molecule has 3 aromatic rings. The quantitative estimate of drug-likeness (QED) is 0.485. The molecule has 4 heteroatoms. The van der Waals surface area contributed by atoms with E-state index in [2.05, 4.69) is 36.5 Å². The number of nitrogens with one attached hydrogen (secondary N) is 1. The molecule has 0 fully saturated rings. The van der Waals surface area contributed by atoms with Gasteiger partial charge in [0.1, 0.15) is 12.4 Å². The molecule has 0 bridgehead atoms. The zero-order valence-corrected chi connectivity index (χ0v) is 16.1. The largest absolute Gasteiger partial charge is 0.489 e. The maximum absolute atomic E-state index is 6.18. The first-order chi connectivity index (χ1) is 12.6. The highest BCUT2D eigenvalue weighted by Crippen LogP contribution is 2.25. The number of aryl methyl sites for hydroxylation is 1. The summed E-state index contributed by atoms with van der Waals surface area (Å²) in [6.07, 6.45) is 1.04. The number of anilines is 1. The van der Waals surface area contributed by atoms with Crippen molar-refractivity contribution in [2.24, 2.45) is 0 Å². The normalized spacial score (nSPS) is 10.6. The first-order valence-electron chi connectivity index (χ1n) is 8.62. The first kappa shape index (κ1) is 18.6. The lowest BCUT2D eigenvalue weighted by atomic mass is 10.1. The highest BCUT2D eigenvalue weighted by Gasteiger charge is 2.06. The Morgan fingerprint density at radius 3 is 2.35 bits per heavy atom. The number of hydrogen-bond acceptors (Lipinski definition) is 2. The van der Waals surface area contributed by atoms with Gasteiger partial charge in [-0.2, -0.15) is 0 Å². The minimum absolute atomic E-state index is 0.459. The van der Waals surface area contributed by atoms with Gasteiger partial charge in [0.25, 0.3) is 0 Å². The highest BCUT2D eigenvalue weighted by molar-refractivity contribution is 6.30. The lowest BCUT2D eigenvalue weighted by Gasteiger charge is -2.14. The van der Waals surface area contributed by atoms with Crippen LogP contribution in [0.25, 0.3) is 0 Å². The second-order valence-electron chi connectivity index (χ2n) is 6.07. The van der Waals surface area contributed by atoms with E-state index in [4.69, 9.17) is 27.9 Å². The highest BCUT2D eigenvalue weighted by atomic mass is 35.5. The molecule has 26 heavy (non-hydrogen) atoms. The predicted molar refractivity (Wildman–Crippen MR) is 110 cm³/mol. The van der Waals surface area contributed by atoms with Gasteiger partial charge in [0, 0.05) is 27.8 Å². The smallest absolute Gasteiger partial charge is 0.124 e. The molecule has 0 aromatic heterocycles. The van der Waals surface area contributed by atoms with Crippen LogP contribution in [0.5, 0.6) is 5.75 Å². The summed E-state index contributed by atoms with van der Waals surface area (Å²) in [5.74, 6) is 0.812. The molecule has 1 N–H and O–H groups in total. The SMILES string of the molecule is CCc1ccc(NCc2cc(Cl)ccc2OCc2cccc(Cl)c2)cc1. The monoisotopic (exact) mass is 385 g/mol. The molecule has 0 saturated carbocycles. The number of hydrogen-bond donors (Lipinski definition) is 1. The van der Waals surface area contributed by atoms with Crippen molar-refractivity contribution in [2.75, 3.05) is 5.32 Å². The molecule has 3 aromatic carbocycles. The number of ether oxygens (including phenoxy) is 1. The fourth-order valence-electron chi connectivity index (χ4n) is 2.67. The van der Waals surface area contributed by atoms with E-state index >= 15 is 0 Å². The molecule has 3 rings (SSSR count). The summed E-state index contributed by atoms with van der Waals surface area (Å²) >= 11 is 12.2. The van der Waals surface area contributed by atoms with Crippen LogP contribution in [0.4, 0.5) is 5.69 Å². The Morgan fingerprint density at radius 1 is 0.846 bits per heavy atom. The molecular weight excluding hydrogens is 365 g/mol. The Balaban J connectivity index is 1.68. The molecule has 0 spiro atoms. The van der Waals surface area contributed by atoms with Crippen molar-refractivity contribution >= 4 is 28.9 Å². The van der Waals surface area contributed by atoms with Crippen LogP contribution < -0.4 is 10.1 Å². The van der Waals surface area contributed by atoms with E-state index < -0.39 is 0 Å². The van der Waals surface area contributed by atoms with E-state index in [1.54, 1.807) is 0 Å². The van der Waals surface area contributed by atoms with Crippen LogP contribution in [0.1, 0.15) is 23.6 Å². The molecule has 0 aliphatic carbocycles. The zero-order chi connectivity index (χ0) is 18.4. The van der Waals surface area contributed by atoms with Crippen molar-refractivity contribution in [3.05, 3.63) is 93.5 Å². The Morgan fingerprint density at radius 2 is 1.62 bits per heavy atom. The summed E-state index contributed by atoms with van der Waals surface area (Å²) in [5.41, 5.74) is 4.44. The van der Waals surface area contributed by atoms with Crippen LogP contribution in [0.15, 0.2) is 66.7 Å². The Bertz CT molecular complexity index is 862. The fraction of sp³-hybridized carbons (Fsp3) is 0.182. The summed E-state index contributed by atoms with van der Waals surface area (Å²) in [6, 6.07) is 21.8. The minimum atomic E-state index is 0.459. The van der Waals surface area contributed by atoms with E-state index in [1.807, 2.05) is 42.5 Å². The maximum Gasteiger partial charge on any atom is 0.124 e. The summed E-state index contributed by atoms with van der Waals surface area (Å²) < 4.78 is 6.00. The van der Waals surface area contributed by atoms with Crippen LogP contribution in [0.3, 0.4) is 0 Å². The maximum atomic E-state index is 6.18. The van der Waals surface area contributed by atoms with Crippen molar-refractivity contribution in [3.63, 3.8) is 0 Å². The van der Waals surface area contributed by atoms with Gasteiger partial charge in [-0.3, -0.25) is 0 Å². The second kappa shape index (κ2) is 8.98. The molecular formula is C22H21Cl2NO. The standard InChI is InChI=1S/C22H21Cl2NO/c1-2-16-6-9-21(10-7-16)25-14-18-13-20(24)8-11-22(18)26-15-17-4-3-5-19(23)12-17/h3-13,25H,2,14-15H2,1H3. The molecule has 0 radical (unpaired) electrons. The lowest BCUT2D eigenvalue weighted by molar-refractivity contribution is 0.303. The van der Waals surface area contributed by atoms with Gasteiger partial charge in [-0.1, -0.05) is 54.4 Å². The third-order valence-electron chi connectivity index (χ3n) is 4.15. The van der Waals surface area contributed by atoms with Crippen molar-refractivity contribution in [1.82, 2.24) is 0 Å². The summed E-state index contributed by atoms with van der Waals surface area (Å²) in [6.45, 7) is 3.25. The third kappa shape index (κ3) is 5.17.